The molecule has 6 N–H and O–H groups in total. The maximum Gasteiger partial charge on any atom is 1.00 e. The van der Waals surface area contributed by atoms with E-state index in [2.05, 4.69) is 4.24 Å². The molecule has 1 aromatic rings. The standard InChI is InChI=1S/C6H5ClNO3S.Na.2H2O/c7-8-12(10,11)6-3-1-5(9)2-4-6;;;/h1-4,9H;;2*1H2/q-1;+1;;/p+1. The van der Waals surface area contributed by atoms with Crippen molar-refractivity contribution >= 4 is 21.8 Å². The summed E-state index contributed by atoms with van der Waals surface area (Å²) >= 11 is 4.86. The molecule has 82 valence electrons. The van der Waals surface area contributed by atoms with Crippen molar-refractivity contribution in [1.82, 2.24) is 0 Å². The Bertz CT molecular complexity index is 368. The van der Waals surface area contributed by atoms with Crippen LogP contribution in [0.4, 0.5) is 0 Å². The van der Waals surface area contributed by atoms with Crippen molar-refractivity contribution in [2.75, 3.05) is 0 Å². The molecule has 0 aromatic heterocycles. The number of hydrogen-bond acceptors (Lipinski definition) is 2. The summed E-state index contributed by atoms with van der Waals surface area (Å²) in [5.41, 5.74) is 0. The molecular weight excluding hydrogens is 257 g/mol. The summed E-state index contributed by atoms with van der Waals surface area (Å²) in [4.78, 5) is -0.00602. The van der Waals surface area contributed by atoms with Gasteiger partial charge in [0.1, 0.15) is 10.0 Å². The number of benzene rings is 1. The molecule has 0 heterocycles. The Morgan fingerprint density at radius 2 is 1.53 bits per heavy atom. The van der Waals surface area contributed by atoms with Crippen LogP contribution in [0.5, 0.6) is 5.75 Å². The zero-order valence-electron chi connectivity index (χ0n) is 7.86. The second-order valence-corrected chi connectivity index (χ2v) is 4.04. The minimum atomic E-state index is -3.71. The fraction of sp³-hybridized carbons (Fsp3) is 0. The van der Waals surface area contributed by atoms with Crippen LogP contribution in [0.2, 0.25) is 0 Å². The van der Waals surface area contributed by atoms with Crippen LogP contribution in [-0.2, 0) is 10.0 Å². The average Bonchev–Trinajstić information content (AvgIpc) is 2.05. The van der Waals surface area contributed by atoms with Gasteiger partial charge in [-0.25, -0.2) is 8.42 Å². The van der Waals surface area contributed by atoms with Gasteiger partial charge in [-0.1, -0.05) is 0 Å². The molecule has 0 saturated heterocycles. The van der Waals surface area contributed by atoms with E-state index < -0.39 is 10.0 Å². The molecule has 1 rings (SSSR count). The molecule has 0 aliphatic rings. The van der Waals surface area contributed by atoms with Gasteiger partial charge < -0.3 is 20.3 Å². The Balaban J connectivity index is -0.000000480. The maximum absolute atomic E-state index is 11.0. The van der Waals surface area contributed by atoms with Crippen LogP contribution in [-0.4, -0.2) is 24.5 Å². The molecule has 0 saturated carbocycles. The Hall–Kier alpha value is 0.140. The van der Waals surface area contributed by atoms with Crippen molar-refractivity contribution < 1.29 is 54.0 Å². The number of nitrogens with zero attached hydrogens (tertiary/aromatic N) is 1. The van der Waals surface area contributed by atoms with Gasteiger partial charge in [0.05, 0.1) is 0 Å². The molecule has 0 amide bonds. The first kappa shape index (κ1) is 20.5. The third-order valence-electron chi connectivity index (χ3n) is 1.24. The maximum atomic E-state index is 11.0. The molecule has 0 atom stereocenters. The smallest absolute Gasteiger partial charge is 0.593 e. The fourth-order valence-corrected chi connectivity index (χ4v) is 1.47. The van der Waals surface area contributed by atoms with E-state index in [1.54, 1.807) is 0 Å². The van der Waals surface area contributed by atoms with Crippen molar-refractivity contribution in [3.8, 4) is 5.75 Å². The minimum absolute atomic E-state index is 0. The molecule has 0 aliphatic heterocycles. The summed E-state index contributed by atoms with van der Waals surface area (Å²) in [5, 5.41) is 7.09. The number of sulfonamides is 1. The van der Waals surface area contributed by atoms with Gasteiger partial charge in [-0.2, -0.15) is 0 Å². The monoisotopic (exact) mass is 266 g/mol. The quantitative estimate of drug-likeness (QED) is 0.409. The van der Waals surface area contributed by atoms with E-state index in [1.807, 2.05) is 0 Å². The van der Waals surface area contributed by atoms with Crippen LogP contribution in [0, 0.1) is 0 Å². The second-order valence-electron chi connectivity index (χ2n) is 2.07. The van der Waals surface area contributed by atoms with Gasteiger partial charge in [-0.3, -0.25) is 11.8 Å². The Labute approximate surface area is 114 Å². The summed E-state index contributed by atoms with van der Waals surface area (Å²) in [6, 6.07) is 5.27. The van der Waals surface area contributed by atoms with E-state index in [-0.39, 0.29) is 51.2 Å². The van der Waals surface area contributed by atoms with Crippen LogP contribution in [0.15, 0.2) is 29.2 Å². The van der Waals surface area contributed by atoms with Crippen LogP contribution >= 0.6 is 11.8 Å². The van der Waals surface area contributed by atoms with E-state index in [0.717, 1.165) is 0 Å². The van der Waals surface area contributed by atoms with Crippen molar-refractivity contribution in [3.63, 3.8) is 0 Å². The number of hydrogen-bond donors (Lipinski definition) is 0. The minimum Gasteiger partial charge on any atom is -0.593 e. The Morgan fingerprint density at radius 1 is 1.13 bits per heavy atom. The molecule has 9 heteroatoms. The van der Waals surface area contributed by atoms with E-state index in [1.165, 1.54) is 24.3 Å². The summed E-state index contributed by atoms with van der Waals surface area (Å²) in [7, 11) is -3.71. The summed E-state index contributed by atoms with van der Waals surface area (Å²) in [6.07, 6.45) is 0. The Kier molecular flexibility index (Phi) is 11.4. The fourth-order valence-electron chi connectivity index (χ4n) is 0.667. The van der Waals surface area contributed by atoms with E-state index in [4.69, 9.17) is 16.9 Å². The van der Waals surface area contributed by atoms with Gasteiger partial charge in [0.2, 0.25) is 0 Å². The molecule has 0 radical (unpaired) electrons. The zero-order valence-corrected chi connectivity index (χ0v) is 11.4. The third kappa shape index (κ3) is 5.69. The molecule has 15 heavy (non-hydrogen) atoms. The second kappa shape index (κ2) is 8.31. The van der Waals surface area contributed by atoms with Crippen molar-refractivity contribution in [2.45, 2.75) is 4.90 Å². The number of rotatable bonds is 2. The molecule has 0 spiro atoms. The van der Waals surface area contributed by atoms with Crippen LogP contribution in [0.25, 0.3) is 4.24 Å². The molecule has 0 fully saturated rings. The van der Waals surface area contributed by atoms with Crippen molar-refractivity contribution in [2.24, 2.45) is 0 Å². The van der Waals surface area contributed by atoms with Gasteiger partial charge in [0, 0.05) is 17.0 Å². The normalized spacial score (nSPS) is 9.13. The zero-order chi connectivity index (χ0) is 9.19. The van der Waals surface area contributed by atoms with Crippen molar-refractivity contribution in [3.05, 3.63) is 28.5 Å². The van der Waals surface area contributed by atoms with Gasteiger partial charge in [0.15, 0.2) is 0 Å². The molecule has 6 nitrogen and oxygen atoms in total. The van der Waals surface area contributed by atoms with Gasteiger partial charge in [-0.15, -0.1) is 0 Å². The van der Waals surface area contributed by atoms with Crippen LogP contribution in [0.1, 0.15) is 0 Å². The number of halogens is 1. The summed E-state index contributed by atoms with van der Waals surface area (Å²) in [5.74, 6) is 0.239. The molecule has 0 unspecified atom stereocenters. The predicted molar refractivity (Wildman–Crippen MR) is 53.1 cm³/mol. The van der Waals surface area contributed by atoms with E-state index in [0.29, 0.717) is 0 Å². The summed E-state index contributed by atoms with van der Waals surface area (Å²) < 4.78 is 24.6. The Morgan fingerprint density at radius 3 is 1.87 bits per heavy atom. The van der Waals surface area contributed by atoms with Crippen LogP contribution in [0.3, 0.4) is 0 Å². The summed E-state index contributed by atoms with van der Waals surface area (Å²) in [6.45, 7) is 0. The molecule has 1 aromatic carbocycles. The first-order chi connectivity index (χ1) is 5.56. The predicted octanol–water partition coefficient (Wildman–Crippen LogP) is -3.30. The third-order valence-corrected chi connectivity index (χ3v) is 2.84. The average molecular weight is 267 g/mol. The van der Waals surface area contributed by atoms with Crippen molar-refractivity contribution in [1.29, 1.82) is 0 Å². The van der Waals surface area contributed by atoms with E-state index in [9.17, 15) is 8.42 Å². The molecular formula is C6H10ClNNaO5S+. The van der Waals surface area contributed by atoms with Crippen LogP contribution < -0.4 is 29.6 Å². The van der Waals surface area contributed by atoms with Gasteiger partial charge in [0.25, 0.3) is 5.75 Å². The van der Waals surface area contributed by atoms with Gasteiger partial charge >= 0.3 is 29.6 Å². The topological polar surface area (TPSA) is 134 Å². The molecule has 0 bridgehead atoms. The first-order valence-electron chi connectivity index (χ1n) is 2.96. The molecule has 0 aliphatic carbocycles. The largest absolute Gasteiger partial charge is 1.00 e. The SMILES string of the molecule is O.O.O=S(=O)([N-]Cl)c1ccc([OH2+])cc1.[Na+]. The van der Waals surface area contributed by atoms with E-state index >= 15 is 0 Å². The first-order valence-corrected chi connectivity index (χ1v) is 4.74. The van der Waals surface area contributed by atoms with Gasteiger partial charge in [-0.05, 0) is 12.1 Å².